The standard InChI is InChI=1S/C24H17BrN4O2/c1-31-20-13-7-16(8-14-20)23-26-22-21(15-28(27-22)18-5-3-2-4-6-18)24(30)29(23)19-11-9-17(25)10-12-19/h2-15H,1H3. The average Bonchev–Trinajstić information content (AvgIpc) is 3.25. The van der Waals surface area contributed by atoms with Crippen LogP contribution in [-0.2, 0) is 0 Å². The molecule has 2 heterocycles. The van der Waals surface area contributed by atoms with Crippen molar-refractivity contribution in [2.45, 2.75) is 0 Å². The number of methoxy groups -OCH3 is 1. The van der Waals surface area contributed by atoms with Crippen molar-refractivity contribution in [3.05, 3.63) is 99.9 Å². The summed E-state index contributed by atoms with van der Waals surface area (Å²) in [5.41, 5.74) is 2.59. The Bertz CT molecular complexity index is 1420. The molecule has 0 unspecified atom stereocenters. The fourth-order valence-corrected chi connectivity index (χ4v) is 3.71. The van der Waals surface area contributed by atoms with E-state index in [9.17, 15) is 4.79 Å². The molecule has 152 valence electrons. The predicted octanol–water partition coefficient (Wildman–Crippen LogP) is 5.01. The summed E-state index contributed by atoms with van der Waals surface area (Å²) in [4.78, 5) is 18.4. The molecule has 0 aliphatic rings. The molecule has 0 saturated heterocycles. The molecule has 0 aliphatic carbocycles. The molecule has 0 bridgehead atoms. The summed E-state index contributed by atoms with van der Waals surface area (Å²) in [6.45, 7) is 0. The van der Waals surface area contributed by atoms with Gasteiger partial charge in [-0.05, 0) is 60.7 Å². The van der Waals surface area contributed by atoms with Crippen molar-refractivity contribution >= 4 is 27.0 Å². The summed E-state index contributed by atoms with van der Waals surface area (Å²) in [7, 11) is 1.62. The van der Waals surface area contributed by atoms with Crippen molar-refractivity contribution in [2.24, 2.45) is 0 Å². The van der Waals surface area contributed by atoms with Crippen LogP contribution in [0.5, 0.6) is 5.75 Å². The third-order valence-corrected chi connectivity index (χ3v) is 5.53. The van der Waals surface area contributed by atoms with E-state index in [-0.39, 0.29) is 5.56 Å². The van der Waals surface area contributed by atoms with E-state index in [4.69, 9.17) is 9.72 Å². The number of rotatable bonds is 4. The van der Waals surface area contributed by atoms with Gasteiger partial charge in [-0.25, -0.2) is 9.67 Å². The number of hydrogen-bond donors (Lipinski definition) is 0. The van der Waals surface area contributed by atoms with Crippen LogP contribution >= 0.6 is 15.9 Å². The van der Waals surface area contributed by atoms with Crippen LogP contribution in [0.4, 0.5) is 0 Å². The van der Waals surface area contributed by atoms with Crippen LogP contribution in [0.25, 0.3) is 33.8 Å². The first kappa shape index (κ1) is 19.3. The lowest BCUT2D eigenvalue weighted by Crippen LogP contribution is -2.21. The molecule has 0 amide bonds. The molecule has 2 aromatic heterocycles. The molecule has 0 aliphatic heterocycles. The molecule has 0 spiro atoms. The van der Waals surface area contributed by atoms with Gasteiger partial charge in [0.15, 0.2) is 5.65 Å². The second-order valence-electron chi connectivity index (χ2n) is 6.93. The van der Waals surface area contributed by atoms with Gasteiger partial charge >= 0.3 is 0 Å². The topological polar surface area (TPSA) is 61.9 Å². The molecule has 0 N–H and O–H groups in total. The lowest BCUT2D eigenvalue weighted by atomic mass is 10.2. The van der Waals surface area contributed by atoms with Gasteiger partial charge in [0.1, 0.15) is 17.0 Å². The van der Waals surface area contributed by atoms with Crippen LogP contribution in [0, 0.1) is 0 Å². The zero-order valence-corrected chi connectivity index (χ0v) is 18.2. The first-order valence-electron chi connectivity index (χ1n) is 9.62. The molecular weight excluding hydrogens is 456 g/mol. The van der Waals surface area contributed by atoms with E-state index in [0.717, 1.165) is 27.2 Å². The van der Waals surface area contributed by atoms with Crippen molar-refractivity contribution in [2.75, 3.05) is 7.11 Å². The molecule has 0 atom stereocenters. The van der Waals surface area contributed by atoms with Crippen LogP contribution in [0.1, 0.15) is 0 Å². The summed E-state index contributed by atoms with van der Waals surface area (Å²) in [6.07, 6.45) is 1.73. The second-order valence-corrected chi connectivity index (χ2v) is 7.84. The van der Waals surface area contributed by atoms with Crippen molar-refractivity contribution < 1.29 is 4.74 Å². The van der Waals surface area contributed by atoms with E-state index in [1.165, 1.54) is 0 Å². The molecule has 0 radical (unpaired) electrons. The molecular formula is C24H17BrN4O2. The van der Waals surface area contributed by atoms with E-state index in [2.05, 4.69) is 21.0 Å². The van der Waals surface area contributed by atoms with Gasteiger partial charge in [-0.1, -0.05) is 34.1 Å². The third kappa shape index (κ3) is 3.53. The van der Waals surface area contributed by atoms with E-state index >= 15 is 0 Å². The summed E-state index contributed by atoms with van der Waals surface area (Å²) in [6, 6.07) is 24.7. The van der Waals surface area contributed by atoms with Crippen LogP contribution < -0.4 is 10.3 Å². The molecule has 0 saturated carbocycles. The maximum absolute atomic E-state index is 13.6. The quantitative estimate of drug-likeness (QED) is 0.368. The van der Waals surface area contributed by atoms with Crippen molar-refractivity contribution in [3.63, 3.8) is 0 Å². The molecule has 6 nitrogen and oxygen atoms in total. The Balaban J connectivity index is 1.79. The number of benzene rings is 3. The van der Waals surface area contributed by atoms with Crippen LogP contribution in [0.15, 0.2) is 94.3 Å². The lowest BCUT2D eigenvalue weighted by molar-refractivity contribution is 0.415. The maximum Gasteiger partial charge on any atom is 0.269 e. The lowest BCUT2D eigenvalue weighted by Gasteiger charge is -2.13. The van der Waals surface area contributed by atoms with Crippen LogP contribution in [0.3, 0.4) is 0 Å². The summed E-state index contributed by atoms with van der Waals surface area (Å²) in [5, 5.41) is 5.02. The second kappa shape index (κ2) is 7.85. The summed E-state index contributed by atoms with van der Waals surface area (Å²) in [5.74, 6) is 1.25. The number of halogens is 1. The molecule has 3 aromatic carbocycles. The normalized spacial score (nSPS) is 11.0. The van der Waals surface area contributed by atoms with Gasteiger partial charge in [0, 0.05) is 16.2 Å². The largest absolute Gasteiger partial charge is 0.497 e. The summed E-state index contributed by atoms with van der Waals surface area (Å²) >= 11 is 3.45. The highest BCUT2D eigenvalue weighted by molar-refractivity contribution is 9.10. The Kier molecular flexibility index (Phi) is 4.88. The smallest absolute Gasteiger partial charge is 0.269 e. The van der Waals surface area contributed by atoms with E-state index in [1.807, 2.05) is 78.9 Å². The minimum atomic E-state index is -0.180. The van der Waals surface area contributed by atoms with Crippen molar-refractivity contribution in [3.8, 4) is 28.5 Å². The Labute approximate surface area is 186 Å². The number of nitrogens with zero attached hydrogens (tertiary/aromatic N) is 4. The van der Waals surface area contributed by atoms with E-state index < -0.39 is 0 Å². The first-order chi connectivity index (χ1) is 15.1. The Morgan fingerprint density at radius 2 is 1.58 bits per heavy atom. The SMILES string of the molecule is COc1ccc(-c2nc3nn(-c4ccccc4)cc3c(=O)n2-c2ccc(Br)cc2)cc1. The number of para-hydroxylation sites is 1. The zero-order chi connectivity index (χ0) is 21.4. The van der Waals surface area contributed by atoms with Gasteiger partial charge in [-0.15, -0.1) is 5.10 Å². The van der Waals surface area contributed by atoms with Gasteiger partial charge in [-0.2, -0.15) is 0 Å². The summed E-state index contributed by atoms with van der Waals surface area (Å²) < 4.78 is 9.50. The highest BCUT2D eigenvalue weighted by atomic mass is 79.9. The molecule has 7 heteroatoms. The van der Waals surface area contributed by atoms with E-state index in [1.54, 1.807) is 22.6 Å². The fourth-order valence-electron chi connectivity index (χ4n) is 3.44. The van der Waals surface area contributed by atoms with Crippen molar-refractivity contribution in [1.29, 1.82) is 0 Å². The fraction of sp³-hybridized carbons (Fsp3) is 0.0417. The Morgan fingerprint density at radius 3 is 2.26 bits per heavy atom. The van der Waals surface area contributed by atoms with Crippen molar-refractivity contribution in [1.82, 2.24) is 19.3 Å². The zero-order valence-electron chi connectivity index (χ0n) is 16.6. The monoisotopic (exact) mass is 472 g/mol. The molecule has 5 rings (SSSR count). The Hall–Kier alpha value is -3.71. The molecule has 31 heavy (non-hydrogen) atoms. The number of hydrogen-bond acceptors (Lipinski definition) is 4. The molecule has 5 aromatic rings. The number of aromatic nitrogens is 4. The van der Waals surface area contributed by atoms with Crippen LogP contribution in [-0.4, -0.2) is 26.4 Å². The highest BCUT2D eigenvalue weighted by Gasteiger charge is 2.17. The van der Waals surface area contributed by atoms with Gasteiger partial charge in [-0.3, -0.25) is 9.36 Å². The average molecular weight is 473 g/mol. The van der Waals surface area contributed by atoms with Gasteiger partial charge in [0.25, 0.3) is 5.56 Å². The minimum Gasteiger partial charge on any atom is -0.497 e. The number of fused-ring (bicyclic) bond motifs is 1. The Morgan fingerprint density at radius 1 is 0.871 bits per heavy atom. The maximum atomic E-state index is 13.6. The first-order valence-corrected chi connectivity index (χ1v) is 10.4. The van der Waals surface area contributed by atoms with Gasteiger partial charge in [0.2, 0.25) is 0 Å². The van der Waals surface area contributed by atoms with E-state index in [0.29, 0.717) is 16.9 Å². The minimum absolute atomic E-state index is 0.180. The van der Waals surface area contributed by atoms with Crippen LogP contribution in [0.2, 0.25) is 0 Å². The third-order valence-electron chi connectivity index (χ3n) is 5.01. The molecule has 0 fully saturated rings. The van der Waals surface area contributed by atoms with Gasteiger partial charge < -0.3 is 4.74 Å². The number of ether oxygens (including phenoxy) is 1. The predicted molar refractivity (Wildman–Crippen MR) is 124 cm³/mol. The van der Waals surface area contributed by atoms with Gasteiger partial charge in [0.05, 0.1) is 18.5 Å². The highest BCUT2D eigenvalue weighted by Crippen LogP contribution is 2.25.